The van der Waals surface area contributed by atoms with E-state index in [9.17, 15) is 0 Å². The first-order valence-corrected chi connectivity index (χ1v) is 2.89. The summed E-state index contributed by atoms with van der Waals surface area (Å²) < 4.78 is 0. The first-order valence-electron chi connectivity index (χ1n) is 2.89. The fourth-order valence-corrected chi connectivity index (χ4v) is 0.388. The minimum absolute atomic E-state index is 0.936. The van der Waals surface area contributed by atoms with E-state index in [4.69, 9.17) is 5.41 Å². The molecule has 0 heterocycles. The van der Waals surface area contributed by atoms with Gasteiger partial charge in [0.05, 0.1) is 6.21 Å². The maximum Gasteiger partial charge on any atom is 0.0676 e. The van der Waals surface area contributed by atoms with Crippen molar-refractivity contribution in [3.63, 3.8) is 0 Å². The van der Waals surface area contributed by atoms with E-state index in [1.807, 2.05) is 0 Å². The average molecular weight is 109 g/mol. The molecule has 8 heavy (non-hydrogen) atoms. The molecule has 0 aliphatic rings. The van der Waals surface area contributed by atoms with Crippen molar-refractivity contribution < 1.29 is 0 Å². The van der Waals surface area contributed by atoms with Crippen molar-refractivity contribution in [2.75, 3.05) is 0 Å². The van der Waals surface area contributed by atoms with Gasteiger partial charge in [0.1, 0.15) is 0 Å². The van der Waals surface area contributed by atoms with Crippen LogP contribution in [0.15, 0.2) is 0 Å². The van der Waals surface area contributed by atoms with Crippen molar-refractivity contribution in [3.05, 3.63) is 0 Å². The van der Waals surface area contributed by atoms with Gasteiger partial charge in [0, 0.05) is 6.42 Å². The molecule has 0 fully saturated rings. The summed E-state index contributed by atoms with van der Waals surface area (Å²) in [5.74, 6) is 5.42. The van der Waals surface area contributed by atoms with Crippen LogP contribution in [0.4, 0.5) is 0 Å². The highest BCUT2D eigenvalue weighted by Gasteiger charge is 1.73. The van der Waals surface area contributed by atoms with Crippen molar-refractivity contribution in [3.8, 4) is 11.8 Å². The fraction of sp³-hybridized carbons (Fsp3) is 0.571. The molecule has 0 saturated heterocycles. The van der Waals surface area contributed by atoms with Gasteiger partial charge >= 0.3 is 0 Å². The summed E-state index contributed by atoms with van der Waals surface area (Å²) in [5, 5.41) is 6.54. The Balaban J connectivity index is 3.02. The topological polar surface area (TPSA) is 23.9 Å². The van der Waals surface area contributed by atoms with Crippen LogP contribution in [-0.4, -0.2) is 6.21 Å². The van der Waals surface area contributed by atoms with Crippen molar-refractivity contribution in [2.24, 2.45) is 0 Å². The van der Waals surface area contributed by atoms with Crippen LogP contribution in [0.5, 0.6) is 0 Å². The molecule has 0 aromatic rings. The zero-order chi connectivity index (χ0) is 6.24. The number of unbranched alkanes of at least 4 members (excludes halogenated alkanes) is 2. The van der Waals surface area contributed by atoms with Crippen molar-refractivity contribution in [1.29, 1.82) is 5.41 Å². The van der Waals surface area contributed by atoms with Gasteiger partial charge in [-0.2, -0.15) is 0 Å². The molecule has 44 valence electrons. The predicted octanol–water partition coefficient (Wildman–Crippen LogP) is 1.83. The highest BCUT2D eigenvalue weighted by atomic mass is 14.3. The number of hydrogen-bond donors (Lipinski definition) is 1. The fourth-order valence-electron chi connectivity index (χ4n) is 0.388. The summed E-state index contributed by atoms with van der Waals surface area (Å²) in [7, 11) is 0. The molecular weight excluding hydrogens is 98.1 g/mol. The second kappa shape index (κ2) is 6.23. The second-order valence-electron chi connectivity index (χ2n) is 1.57. The van der Waals surface area contributed by atoms with E-state index in [0.29, 0.717) is 0 Å². The highest BCUT2D eigenvalue weighted by molar-refractivity contribution is 5.74. The van der Waals surface area contributed by atoms with E-state index < -0.39 is 0 Å². The summed E-state index contributed by atoms with van der Waals surface area (Å²) in [4.78, 5) is 0. The van der Waals surface area contributed by atoms with Crippen molar-refractivity contribution in [1.82, 2.24) is 0 Å². The van der Waals surface area contributed by atoms with E-state index in [1.54, 1.807) is 0 Å². The maximum absolute atomic E-state index is 6.54. The van der Waals surface area contributed by atoms with Crippen molar-refractivity contribution >= 4 is 6.21 Å². The Morgan fingerprint density at radius 1 is 1.62 bits per heavy atom. The van der Waals surface area contributed by atoms with Gasteiger partial charge in [0.15, 0.2) is 0 Å². The van der Waals surface area contributed by atoms with Gasteiger partial charge in [0.2, 0.25) is 0 Å². The Bertz CT molecular complexity index is 105. The molecule has 0 aliphatic carbocycles. The quantitative estimate of drug-likeness (QED) is 0.318. The molecule has 0 spiro atoms. The van der Waals surface area contributed by atoms with E-state index in [-0.39, 0.29) is 0 Å². The van der Waals surface area contributed by atoms with Crippen LogP contribution in [0.1, 0.15) is 26.2 Å². The SMILES string of the molecule is CCCCC#CC=N. The van der Waals surface area contributed by atoms with Crippen LogP contribution in [0, 0.1) is 17.3 Å². The summed E-state index contributed by atoms with van der Waals surface area (Å²) in [6.07, 6.45) is 4.41. The molecule has 1 nitrogen and oxygen atoms in total. The molecule has 0 atom stereocenters. The largest absolute Gasteiger partial charge is 0.300 e. The molecule has 0 saturated carbocycles. The second-order valence-corrected chi connectivity index (χ2v) is 1.57. The van der Waals surface area contributed by atoms with Gasteiger partial charge in [-0.15, -0.1) is 0 Å². The zero-order valence-electron chi connectivity index (χ0n) is 5.20. The van der Waals surface area contributed by atoms with Crippen LogP contribution < -0.4 is 0 Å². The van der Waals surface area contributed by atoms with Crippen LogP contribution in [0.2, 0.25) is 0 Å². The Kier molecular flexibility index (Phi) is 5.63. The lowest BCUT2D eigenvalue weighted by molar-refractivity contribution is 0.828. The summed E-state index contributed by atoms with van der Waals surface area (Å²) in [6, 6.07) is 0. The van der Waals surface area contributed by atoms with Crippen molar-refractivity contribution in [2.45, 2.75) is 26.2 Å². The number of hydrogen-bond acceptors (Lipinski definition) is 1. The van der Waals surface area contributed by atoms with Gasteiger partial charge in [0.25, 0.3) is 0 Å². The summed E-state index contributed by atoms with van der Waals surface area (Å²) in [5.41, 5.74) is 0. The molecule has 0 bridgehead atoms. The Morgan fingerprint density at radius 3 is 2.88 bits per heavy atom. The Morgan fingerprint density at radius 2 is 2.38 bits per heavy atom. The molecule has 0 amide bonds. The third kappa shape index (κ3) is 5.23. The lowest BCUT2D eigenvalue weighted by Gasteiger charge is -1.80. The molecule has 0 radical (unpaired) electrons. The van der Waals surface area contributed by atoms with E-state index in [0.717, 1.165) is 19.1 Å². The molecular formula is C7H11N. The molecule has 1 heteroatoms. The molecule has 1 N–H and O–H groups in total. The zero-order valence-corrected chi connectivity index (χ0v) is 5.20. The van der Waals surface area contributed by atoms with Gasteiger partial charge in [-0.3, -0.25) is 5.41 Å². The predicted molar refractivity (Wildman–Crippen MR) is 36.1 cm³/mol. The highest BCUT2D eigenvalue weighted by Crippen LogP contribution is 1.89. The Hall–Kier alpha value is -0.770. The van der Waals surface area contributed by atoms with Crippen LogP contribution in [-0.2, 0) is 0 Å². The first-order chi connectivity index (χ1) is 3.91. The summed E-state index contributed by atoms with van der Waals surface area (Å²) in [6.45, 7) is 2.13. The minimum atomic E-state index is 0.936. The Labute approximate surface area is 50.6 Å². The first kappa shape index (κ1) is 7.23. The van der Waals surface area contributed by atoms with Gasteiger partial charge in [-0.1, -0.05) is 25.2 Å². The molecule has 0 unspecified atom stereocenters. The van der Waals surface area contributed by atoms with Crippen LogP contribution in [0.3, 0.4) is 0 Å². The van der Waals surface area contributed by atoms with Crippen LogP contribution >= 0.6 is 0 Å². The third-order valence-electron chi connectivity index (χ3n) is 0.830. The molecule has 0 aliphatic heterocycles. The minimum Gasteiger partial charge on any atom is -0.300 e. The number of rotatable bonds is 2. The standard InChI is InChI=1S/C7H11N/c1-2-3-4-5-6-7-8/h7-8H,2-4H2,1H3. The lowest BCUT2D eigenvalue weighted by Crippen LogP contribution is -1.66. The average Bonchev–Trinajstić information content (AvgIpc) is 1.81. The smallest absolute Gasteiger partial charge is 0.0676 e. The van der Waals surface area contributed by atoms with E-state index in [1.165, 1.54) is 6.42 Å². The molecule has 0 rings (SSSR count). The maximum atomic E-state index is 6.54. The number of nitrogens with one attached hydrogen (secondary N) is 1. The van der Waals surface area contributed by atoms with Crippen LogP contribution in [0.25, 0.3) is 0 Å². The summed E-state index contributed by atoms with van der Waals surface area (Å²) >= 11 is 0. The van der Waals surface area contributed by atoms with Gasteiger partial charge in [-0.25, -0.2) is 0 Å². The lowest BCUT2D eigenvalue weighted by atomic mass is 10.3. The van der Waals surface area contributed by atoms with Gasteiger partial charge in [-0.05, 0) is 6.42 Å². The monoisotopic (exact) mass is 109 g/mol. The molecule has 0 aromatic carbocycles. The third-order valence-corrected chi connectivity index (χ3v) is 0.830. The molecule has 0 aromatic heterocycles. The van der Waals surface area contributed by atoms with E-state index in [2.05, 4.69) is 18.8 Å². The van der Waals surface area contributed by atoms with E-state index >= 15 is 0 Å². The normalized spacial score (nSPS) is 7.12. The van der Waals surface area contributed by atoms with Gasteiger partial charge < -0.3 is 0 Å².